The molecule has 0 N–H and O–H groups in total. The first-order chi connectivity index (χ1) is 35.7. The van der Waals surface area contributed by atoms with Crippen molar-refractivity contribution in [1.29, 1.82) is 0 Å². The van der Waals surface area contributed by atoms with Gasteiger partial charge < -0.3 is 18.6 Å². The summed E-state index contributed by atoms with van der Waals surface area (Å²) in [5.74, 6) is 3.42. The van der Waals surface area contributed by atoms with E-state index in [2.05, 4.69) is 268 Å². The molecule has 9 aromatic carbocycles. The van der Waals surface area contributed by atoms with Gasteiger partial charge >= 0.3 is 0 Å². The van der Waals surface area contributed by atoms with Crippen molar-refractivity contribution in [2.24, 2.45) is 0 Å². The number of benzene rings is 9. The van der Waals surface area contributed by atoms with Crippen LogP contribution in [0, 0.1) is 0 Å². The summed E-state index contributed by atoms with van der Waals surface area (Å²) in [5, 5.41) is 4.76. The molecule has 4 nitrogen and oxygen atoms in total. The van der Waals surface area contributed by atoms with E-state index >= 15 is 0 Å². The van der Waals surface area contributed by atoms with Crippen LogP contribution < -0.4 is 25.9 Å². The summed E-state index contributed by atoms with van der Waals surface area (Å²) < 4.78 is 19.3. The maximum absolute atomic E-state index is 7.16. The van der Waals surface area contributed by atoms with Crippen LogP contribution in [0.2, 0.25) is 0 Å². The fourth-order valence-electron chi connectivity index (χ4n) is 12.0. The van der Waals surface area contributed by atoms with Crippen LogP contribution in [0.15, 0.2) is 176 Å². The number of rotatable bonds is 4. The van der Waals surface area contributed by atoms with Gasteiger partial charge in [-0.2, -0.15) is 0 Å². The molecular formula is C70H65BN2O2. The van der Waals surface area contributed by atoms with Gasteiger partial charge in [0.15, 0.2) is 0 Å². The zero-order valence-corrected chi connectivity index (χ0v) is 45.5. The van der Waals surface area contributed by atoms with Gasteiger partial charge in [0.1, 0.15) is 23.0 Å². The van der Waals surface area contributed by atoms with Gasteiger partial charge in [0, 0.05) is 44.8 Å². The molecule has 11 aromatic rings. The molecule has 13 rings (SSSR count). The molecule has 370 valence electrons. The molecule has 0 spiro atoms. The second kappa shape index (κ2) is 16.4. The molecule has 2 aliphatic heterocycles. The molecule has 0 fully saturated rings. The molecule has 5 heteroatoms. The van der Waals surface area contributed by atoms with E-state index in [0.29, 0.717) is 0 Å². The second-order valence-corrected chi connectivity index (χ2v) is 25.5. The zero-order valence-electron chi connectivity index (χ0n) is 45.5. The minimum Gasteiger partial charge on any atom is -0.458 e. The van der Waals surface area contributed by atoms with Crippen molar-refractivity contribution in [3.8, 4) is 56.6 Å². The molecule has 0 unspecified atom stereocenters. The van der Waals surface area contributed by atoms with Crippen LogP contribution in [0.1, 0.15) is 105 Å². The molecule has 0 bridgehead atoms. The number of aromatic nitrogens is 2. The van der Waals surface area contributed by atoms with E-state index in [1.165, 1.54) is 77.0 Å². The first kappa shape index (κ1) is 47.0. The summed E-state index contributed by atoms with van der Waals surface area (Å²) in [6, 6.07) is 66.2. The van der Waals surface area contributed by atoms with Crippen LogP contribution in [0.5, 0.6) is 23.0 Å². The Balaban J connectivity index is 1.09. The molecule has 0 atom stereocenters. The lowest BCUT2D eigenvalue weighted by atomic mass is 9.34. The van der Waals surface area contributed by atoms with Gasteiger partial charge in [0.25, 0.3) is 6.71 Å². The standard InChI is InChI=1S/C70H65BN2O2/c1-67(2,3)46-25-21-42(22-26-46)44-35-45(43-23-27-47(28-24-43)68(4,5)6)37-50(36-44)72-58-19-15-13-17-52(58)54-31-32-55-53-18-14-16-20-59(53)73(66(55)65(54)72)51-40-62-64-63(41-51)75-61-34-30-49(70(10,11)12)39-57(61)71(64)56-38-48(69(7,8)9)29-33-60(56)74-62/h13-41H,1-12H3. The maximum Gasteiger partial charge on any atom is 0.260 e. The van der Waals surface area contributed by atoms with E-state index in [1.807, 2.05) is 0 Å². The van der Waals surface area contributed by atoms with Crippen molar-refractivity contribution in [3.63, 3.8) is 0 Å². The fraction of sp³-hybridized carbons (Fsp3) is 0.229. The third-order valence-corrected chi connectivity index (χ3v) is 16.3. The molecule has 0 amide bonds. The lowest BCUT2D eigenvalue weighted by Gasteiger charge is -2.35. The summed E-state index contributed by atoms with van der Waals surface area (Å²) in [6.07, 6.45) is 0. The Kier molecular flexibility index (Phi) is 10.3. The van der Waals surface area contributed by atoms with Crippen molar-refractivity contribution in [1.82, 2.24) is 9.13 Å². The lowest BCUT2D eigenvalue weighted by Crippen LogP contribution is -2.57. The summed E-state index contributed by atoms with van der Waals surface area (Å²) >= 11 is 0. The summed E-state index contributed by atoms with van der Waals surface area (Å²) in [6.45, 7) is 27.3. The molecule has 0 saturated carbocycles. The van der Waals surface area contributed by atoms with Crippen LogP contribution in [0.4, 0.5) is 0 Å². The van der Waals surface area contributed by atoms with Crippen molar-refractivity contribution >= 4 is 66.7 Å². The third-order valence-electron chi connectivity index (χ3n) is 16.3. The largest absolute Gasteiger partial charge is 0.458 e. The highest BCUT2D eigenvalue weighted by Gasteiger charge is 2.42. The fourth-order valence-corrected chi connectivity index (χ4v) is 12.0. The van der Waals surface area contributed by atoms with Gasteiger partial charge in [-0.1, -0.05) is 204 Å². The highest BCUT2D eigenvalue weighted by molar-refractivity contribution is 6.98. The molecule has 2 aromatic heterocycles. The number of ether oxygens (including phenoxy) is 2. The zero-order chi connectivity index (χ0) is 52.1. The highest BCUT2D eigenvalue weighted by Crippen LogP contribution is 2.46. The highest BCUT2D eigenvalue weighted by atomic mass is 16.5. The molecule has 0 saturated heterocycles. The Morgan fingerprint density at radius 2 is 0.693 bits per heavy atom. The van der Waals surface area contributed by atoms with Gasteiger partial charge in [-0.15, -0.1) is 0 Å². The molecule has 0 radical (unpaired) electrons. The number of para-hydroxylation sites is 2. The predicted octanol–water partition coefficient (Wildman–Crippen LogP) is 17.1. The first-order valence-electron chi connectivity index (χ1n) is 26.8. The predicted molar refractivity (Wildman–Crippen MR) is 318 cm³/mol. The van der Waals surface area contributed by atoms with Gasteiger partial charge in [-0.3, -0.25) is 0 Å². The Hall–Kier alpha value is -7.76. The van der Waals surface area contributed by atoms with Gasteiger partial charge in [0.05, 0.1) is 27.8 Å². The van der Waals surface area contributed by atoms with Crippen LogP contribution in [-0.2, 0) is 21.7 Å². The molecule has 75 heavy (non-hydrogen) atoms. The van der Waals surface area contributed by atoms with Crippen LogP contribution in [0.3, 0.4) is 0 Å². The van der Waals surface area contributed by atoms with Crippen molar-refractivity contribution in [2.75, 3.05) is 0 Å². The number of hydrogen-bond acceptors (Lipinski definition) is 2. The summed E-state index contributed by atoms with van der Waals surface area (Å²) in [7, 11) is 0. The SMILES string of the molecule is CC(C)(C)c1ccc(-c2cc(-c3ccc(C(C)(C)C)cc3)cc(-n3c4ccccc4c4ccc5c6ccccc6n(-c6cc7c8c(c6)Oc6ccc(C(C)(C)C)cc6B8c6cc(C(C)(C)C)ccc6O7)c5c43)c2)cc1. The van der Waals surface area contributed by atoms with Crippen molar-refractivity contribution in [2.45, 2.75) is 105 Å². The average molecular weight is 977 g/mol. The minimum absolute atomic E-state index is 0.0358. The quantitative estimate of drug-likeness (QED) is 0.164. The first-order valence-corrected chi connectivity index (χ1v) is 26.8. The van der Waals surface area contributed by atoms with Crippen LogP contribution in [-0.4, -0.2) is 15.8 Å². The minimum atomic E-state index is -0.0654. The Bertz CT molecular complexity index is 3980. The van der Waals surface area contributed by atoms with E-state index in [1.54, 1.807) is 0 Å². The van der Waals surface area contributed by atoms with Gasteiger partial charge in [-0.25, -0.2) is 0 Å². The normalized spacial score (nSPS) is 13.5. The Morgan fingerprint density at radius 1 is 0.320 bits per heavy atom. The van der Waals surface area contributed by atoms with Gasteiger partial charge in [0.2, 0.25) is 0 Å². The van der Waals surface area contributed by atoms with Crippen molar-refractivity contribution in [3.05, 3.63) is 198 Å². The van der Waals surface area contributed by atoms with Crippen molar-refractivity contribution < 1.29 is 9.47 Å². The number of fused-ring (bicyclic) bond motifs is 11. The molecule has 0 aliphatic carbocycles. The van der Waals surface area contributed by atoms with Crippen LogP contribution >= 0.6 is 0 Å². The average Bonchev–Trinajstić information content (AvgIpc) is 3.97. The van der Waals surface area contributed by atoms with E-state index in [-0.39, 0.29) is 28.4 Å². The maximum atomic E-state index is 7.16. The third kappa shape index (κ3) is 7.63. The molecule has 2 aliphatic rings. The van der Waals surface area contributed by atoms with E-state index < -0.39 is 0 Å². The Labute approximate surface area is 442 Å². The Morgan fingerprint density at radius 3 is 1.09 bits per heavy atom. The van der Waals surface area contributed by atoms with E-state index in [4.69, 9.17) is 9.47 Å². The number of nitrogens with zero attached hydrogens (tertiary/aromatic N) is 2. The summed E-state index contributed by atoms with van der Waals surface area (Å²) in [4.78, 5) is 0. The van der Waals surface area contributed by atoms with Gasteiger partial charge in [-0.05, 0) is 120 Å². The van der Waals surface area contributed by atoms with Crippen LogP contribution in [0.25, 0.3) is 77.2 Å². The summed E-state index contributed by atoms with van der Waals surface area (Å²) in [5.41, 5.74) is 20.0. The van der Waals surface area contributed by atoms with E-state index in [0.717, 1.165) is 61.9 Å². The monoisotopic (exact) mass is 977 g/mol. The second-order valence-electron chi connectivity index (χ2n) is 25.5. The molecular weight excluding hydrogens is 912 g/mol. The van der Waals surface area contributed by atoms with E-state index in [9.17, 15) is 0 Å². The number of hydrogen-bond donors (Lipinski definition) is 0. The molecule has 4 heterocycles. The lowest BCUT2D eigenvalue weighted by molar-refractivity contribution is 0.463. The topological polar surface area (TPSA) is 28.3 Å². The smallest absolute Gasteiger partial charge is 0.260 e.